The maximum absolute atomic E-state index is 13.1. The fraction of sp³-hybridized carbons (Fsp3) is 0.250. The summed E-state index contributed by atoms with van der Waals surface area (Å²) in [5, 5.41) is 31.4. The summed E-state index contributed by atoms with van der Waals surface area (Å²) >= 11 is 1.26. The van der Waals surface area contributed by atoms with E-state index in [1.807, 2.05) is 13.0 Å². The minimum absolute atomic E-state index is 0.0118. The highest BCUT2D eigenvalue weighted by molar-refractivity contribution is 7.15. The topological polar surface area (TPSA) is 146 Å². The number of aromatic carboxylic acids is 1. The van der Waals surface area contributed by atoms with Crippen molar-refractivity contribution in [2.45, 2.75) is 44.1 Å². The second kappa shape index (κ2) is 12.2. The molecule has 3 aromatic heterocycles. The first-order chi connectivity index (χ1) is 20.5. The van der Waals surface area contributed by atoms with Crippen LogP contribution >= 0.6 is 11.3 Å². The Morgan fingerprint density at radius 3 is 2.32 bits per heavy atom. The first kappa shape index (κ1) is 32.3. The number of nitrogens with one attached hydrogen (secondary N) is 1. The molecule has 4 N–H and O–H groups in total. The van der Waals surface area contributed by atoms with Crippen LogP contribution in [0, 0.1) is 6.92 Å². The van der Waals surface area contributed by atoms with Crippen molar-refractivity contribution in [1.29, 1.82) is 0 Å². The van der Waals surface area contributed by atoms with Gasteiger partial charge in [0.25, 0.3) is 0 Å². The lowest BCUT2D eigenvalue weighted by Crippen LogP contribution is -2.32. The molecule has 0 aliphatic heterocycles. The third-order valence-electron chi connectivity index (χ3n) is 6.45. The number of halogens is 6. The summed E-state index contributed by atoms with van der Waals surface area (Å²) in [4.78, 5) is 33.9. The molecule has 0 radical (unpaired) electrons. The molecule has 1 aromatic carbocycles. The number of hydrogen-bond acceptors (Lipinski definition) is 8. The maximum Gasteiger partial charge on any atom is 0.490 e. The molecule has 5 rings (SSSR count). The summed E-state index contributed by atoms with van der Waals surface area (Å²) in [6.45, 7) is 1.84. The van der Waals surface area contributed by atoms with Crippen molar-refractivity contribution in [1.82, 2.24) is 15.0 Å². The zero-order chi connectivity index (χ0) is 32.4. The van der Waals surface area contributed by atoms with E-state index < -0.39 is 35.5 Å². The third-order valence-corrected chi connectivity index (χ3v) is 7.62. The van der Waals surface area contributed by atoms with Crippen LogP contribution in [0.25, 0.3) is 10.6 Å². The van der Waals surface area contributed by atoms with Crippen molar-refractivity contribution in [3.8, 4) is 10.6 Å². The standard InChI is InChI=1S/C26H21F3N4O3S.C2HF3O2/c1-14-9-19(32-22(10-14)33-21-12-17(6-8-30-21)26(27,28)29)20-13-31-24(37-20)25(36)7-2-3-15-11-16(23(34)35)4-5-18(15)25;3-2(4,5)1(6)7/h4-6,8-13,36H,2-3,7H2,1H3,(H,34,35)(H,30,32,33);(H,6,7). The largest absolute Gasteiger partial charge is 0.490 e. The van der Waals surface area contributed by atoms with Crippen molar-refractivity contribution in [2.75, 3.05) is 5.32 Å². The van der Waals surface area contributed by atoms with E-state index in [0.717, 1.165) is 29.5 Å². The van der Waals surface area contributed by atoms with Crippen LogP contribution in [-0.2, 0) is 23.0 Å². The minimum atomic E-state index is -5.08. The van der Waals surface area contributed by atoms with Gasteiger partial charge in [0.1, 0.15) is 22.2 Å². The van der Waals surface area contributed by atoms with Crippen LogP contribution in [0.5, 0.6) is 0 Å². The van der Waals surface area contributed by atoms with Gasteiger partial charge in [0.2, 0.25) is 0 Å². The molecule has 1 aliphatic carbocycles. The van der Waals surface area contributed by atoms with E-state index in [9.17, 15) is 41.4 Å². The zero-order valence-corrected chi connectivity index (χ0v) is 23.3. The molecule has 1 unspecified atom stereocenters. The van der Waals surface area contributed by atoms with Crippen molar-refractivity contribution < 1.29 is 51.3 Å². The second-order valence-electron chi connectivity index (χ2n) is 9.69. The highest BCUT2D eigenvalue weighted by Crippen LogP contribution is 2.44. The van der Waals surface area contributed by atoms with Crippen molar-refractivity contribution in [2.24, 2.45) is 0 Å². The van der Waals surface area contributed by atoms with E-state index in [2.05, 4.69) is 20.3 Å². The van der Waals surface area contributed by atoms with Crippen LogP contribution in [0.1, 0.15) is 50.5 Å². The molecule has 0 saturated carbocycles. The summed E-state index contributed by atoms with van der Waals surface area (Å²) in [6, 6.07) is 10.1. The molecule has 0 spiro atoms. The average molecular weight is 641 g/mol. The highest BCUT2D eigenvalue weighted by atomic mass is 32.1. The molecule has 1 atom stereocenters. The van der Waals surface area contributed by atoms with Crippen LogP contribution in [0.3, 0.4) is 0 Å². The summed E-state index contributed by atoms with van der Waals surface area (Å²) in [5.41, 5.74) is 0.763. The number of benzene rings is 1. The van der Waals surface area contributed by atoms with Crippen LogP contribution in [0.2, 0.25) is 0 Å². The molecule has 4 aromatic rings. The predicted molar refractivity (Wildman–Crippen MR) is 146 cm³/mol. The Hall–Kier alpha value is -4.57. The monoisotopic (exact) mass is 640 g/mol. The lowest BCUT2D eigenvalue weighted by atomic mass is 9.79. The number of anilines is 2. The van der Waals surface area contributed by atoms with Gasteiger partial charge >= 0.3 is 24.3 Å². The van der Waals surface area contributed by atoms with Crippen molar-refractivity contribution >= 4 is 34.9 Å². The smallest absolute Gasteiger partial charge is 0.478 e. The number of hydrogen-bond donors (Lipinski definition) is 4. The molecule has 0 amide bonds. The summed E-state index contributed by atoms with van der Waals surface area (Å²) < 4.78 is 70.9. The number of aliphatic carboxylic acids is 1. The number of carboxylic acid groups (broad SMARTS) is 2. The van der Waals surface area contributed by atoms with Gasteiger partial charge in [0, 0.05) is 12.4 Å². The molecule has 1 aliphatic rings. The number of alkyl halides is 6. The Morgan fingerprint density at radius 1 is 0.977 bits per heavy atom. The van der Waals surface area contributed by atoms with Crippen molar-refractivity contribution in [3.05, 3.63) is 87.7 Å². The highest BCUT2D eigenvalue weighted by Gasteiger charge is 2.40. The molecule has 232 valence electrons. The normalized spacial score (nSPS) is 16.4. The van der Waals surface area contributed by atoms with E-state index >= 15 is 0 Å². The van der Waals surface area contributed by atoms with Gasteiger partial charge in [-0.3, -0.25) is 0 Å². The van der Waals surface area contributed by atoms with Gasteiger partial charge in [-0.2, -0.15) is 26.3 Å². The number of aliphatic hydroxyl groups is 1. The summed E-state index contributed by atoms with van der Waals surface area (Å²) in [5.74, 6) is -3.45. The Labute approximate surface area is 248 Å². The van der Waals surface area contributed by atoms with E-state index in [1.165, 1.54) is 17.4 Å². The molecule has 0 bridgehead atoms. The second-order valence-corrected chi connectivity index (χ2v) is 10.7. The van der Waals surface area contributed by atoms with Crippen LogP contribution in [0.15, 0.2) is 54.9 Å². The summed E-state index contributed by atoms with van der Waals surface area (Å²) in [6.07, 6.45) is -5.12. The number of carbonyl (C=O) groups is 2. The number of fused-ring (bicyclic) bond motifs is 1. The average Bonchev–Trinajstić information content (AvgIpc) is 3.44. The number of thiazole rings is 1. The van der Waals surface area contributed by atoms with Gasteiger partial charge in [-0.15, -0.1) is 11.3 Å². The molecule has 9 nitrogen and oxygen atoms in total. The number of rotatable bonds is 5. The van der Waals surface area contributed by atoms with Gasteiger partial charge in [-0.25, -0.2) is 24.5 Å². The number of carboxylic acids is 2. The third kappa shape index (κ3) is 7.31. The Bertz CT molecular complexity index is 1710. The molecular formula is C28H22F6N4O5S. The molecule has 44 heavy (non-hydrogen) atoms. The van der Waals surface area contributed by atoms with Gasteiger partial charge < -0.3 is 20.6 Å². The first-order valence-corrected chi connectivity index (χ1v) is 13.4. The molecule has 3 heterocycles. The summed E-state index contributed by atoms with van der Waals surface area (Å²) in [7, 11) is 0. The molecule has 16 heteroatoms. The van der Waals surface area contributed by atoms with Gasteiger partial charge in [0.15, 0.2) is 0 Å². The zero-order valence-electron chi connectivity index (χ0n) is 22.5. The fourth-order valence-electron chi connectivity index (χ4n) is 4.48. The fourth-order valence-corrected chi connectivity index (χ4v) is 5.49. The van der Waals surface area contributed by atoms with Crippen LogP contribution < -0.4 is 5.32 Å². The number of pyridine rings is 2. The molecule has 0 saturated heterocycles. The Balaban J connectivity index is 0.000000566. The Kier molecular flexibility index (Phi) is 8.97. The van der Waals surface area contributed by atoms with E-state index in [0.29, 0.717) is 46.2 Å². The quantitative estimate of drug-likeness (QED) is 0.178. The minimum Gasteiger partial charge on any atom is -0.478 e. The van der Waals surface area contributed by atoms with Gasteiger partial charge in [-0.1, -0.05) is 6.07 Å². The molecular weight excluding hydrogens is 618 g/mol. The van der Waals surface area contributed by atoms with Crippen LogP contribution in [-0.4, -0.2) is 48.4 Å². The molecule has 0 fully saturated rings. The SMILES string of the molecule is Cc1cc(Nc2cc(C(F)(F)F)ccn2)nc(-c2cnc(C3(O)CCCc4cc(C(=O)O)ccc43)s2)c1.O=C(O)C(F)(F)F. The maximum atomic E-state index is 13.1. The Morgan fingerprint density at radius 2 is 1.68 bits per heavy atom. The van der Waals surface area contributed by atoms with E-state index in [4.69, 9.17) is 9.90 Å². The number of aryl methyl sites for hydroxylation is 2. The van der Waals surface area contributed by atoms with Crippen molar-refractivity contribution in [3.63, 3.8) is 0 Å². The van der Waals surface area contributed by atoms with E-state index in [1.54, 1.807) is 24.4 Å². The number of nitrogens with zero attached hydrogens (tertiary/aromatic N) is 3. The number of aromatic nitrogens is 3. The predicted octanol–water partition coefficient (Wildman–Crippen LogP) is 6.57. The lowest BCUT2D eigenvalue weighted by Gasteiger charge is -2.33. The first-order valence-electron chi connectivity index (χ1n) is 12.6. The van der Waals surface area contributed by atoms with E-state index in [-0.39, 0.29) is 11.4 Å². The van der Waals surface area contributed by atoms with Crippen LogP contribution in [0.4, 0.5) is 38.0 Å². The lowest BCUT2D eigenvalue weighted by molar-refractivity contribution is -0.192. The van der Waals surface area contributed by atoms with Gasteiger partial charge in [-0.05, 0) is 79.3 Å². The van der Waals surface area contributed by atoms with Gasteiger partial charge in [0.05, 0.1) is 21.7 Å².